The number of benzene rings is 1. The number of ether oxygens (including phenoxy) is 1. The number of esters is 1. The summed E-state index contributed by atoms with van der Waals surface area (Å²) in [4.78, 5) is 37.2. The first-order valence-electron chi connectivity index (χ1n) is 8.26. The van der Waals surface area contributed by atoms with E-state index in [1.807, 2.05) is 0 Å². The van der Waals surface area contributed by atoms with Crippen LogP contribution in [-0.4, -0.2) is 34.5 Å². The molecule has 1 N–H and O–H groups in total. The van der Waals surface area contributed by atoms with E-state index in [0.29, 0.717) is 11.3 Å². The molecule has 0 spiro atoms. The first kappa shape index (κ1) is 18.2. The van der Waals surface area contributed by atoms with E-state index in [-0.39, 0.29) is 35.0 Å². The highest BCUT2D eigenvalue weighted by atomic mass is 35.5. The van der Waals surface area contributed by atoms with Gasteiger partial charge in [-0.15, -0.1) is 0 Å². The molecular formula is C17H18ClN3O5. The molecule has 1 aliphatic carbocycles. The van der Waals surface area contributed by atoms with Crippen LogP contribution in [0, 0.1) is 10.1 Å². The van der Waals surface area contributed by atoms with Crippen molar-refractivity contribution in [3.8, 4) is 0 Å². The zero-order valence-electron chi connectivity index (χ0n) is 14.3. The summed E-state index contributed by atoms with van der Waals surface area (Å²) < 4.78 is 5.15. The summed E-state index contributed by atoms with van der Waals surface area (Å²) in [5.41, 5.74) is 0.892. The third kappa shape index (κ3) is 3.24. The minimum atomic E-state index is -0.840. The average molecular weight is 380 g/mol. The molecule has 2 amide bonds. The third-order valence-corrected chi connectivity index (χ3v) is 4.75. The Bertz CT molecular complexity index is 819. The van der Waals surface area contributed by atoms with Gasteiger partial charge in [0.2, 0.25) is 0 Å². The van der Waals surface area contributed by atoms with E-state index in [2.05, 4.69) is 5.32 Å². The highest BCUT2D eigenvalue weighted by Gasteiger charge is 2.42. The Kier molecular flexibility index (Phi) is 4.86. The zero-order chi connectivity index (χ0) is 19.0. The van der Waals surface area contributed by atoms with Crippen molar-refractivity contribution in [2.24, 2.45) is 0 Å². The highest BCUT2D eigenvalue weighted by Crippen LogP contribution is 2.39. The van der Waals surface area contributed by atoms with Crippen LogP contribution in [-0.2, 0) is 9.53 Å². The van der Waals surface area contributed by atoms with Gasteiger partial charge in [-0.05, 0) is 38.3 Å². The SMILES string of the molecule is CCOC(=O)C1=C(C)N(C2CC2)C(=O)N[C@@H]1c1ccc(Cl)c([N+](=O)[O-])c1. The van der Waals surface area contributed by atoms with Crippen molar-refractivity contribution in [1.82, 2.24) is 10.2 Å². The van der Waals surface area contributed by atoms with Gasteiger partial charge in [-0.2, -0.15) is 0 Å². The van der Waals surface area contributed by atoms with Crippen molar-refractivity contribution in [1.29, 1.82) is 0 Å². The molecule has 26 heavy (non-hydrogen) atoms. The number of amides is 2. The minimum absolute atomic E-state index is 0.0149. The van der Waals surface area contributed by atoms with Crippen LogP contribution in [0.15, 0.2) is 29.5 Å². The second-order valence-corrected chi connectivity index (χ2v) is 6.58. The van der Waals surface area contributed by atoms with Gasteiger partial charge in [0.1, 0.15) is 5.02 Å². The summed E-state index contributed by atoms with van der Waals surface area (Å²) in [7, 11) is 0. The lowest BCUT2D eigenvalue weighted by molar-refractivity contribution is -0.384. The Labute approximate surface area is 154 Å². The maximum absolute atomic E-state index is 12.6. The number of nitrogens with zero attached hydrogens (tertiary/aromatic N) is 2. The van der Waals surface area contributed by atoms with E-state index >= 15 is 0 Å². The Hall–Kier alpha value is -2.61. The molecule has 1 heterocycles. The maximum Gasteiger partial charge on any atom is 0.338 e. The Morgan fingerprint density at radius 2 is 2.15 bits per heavy atom. The molecule has 0 unspecified atom stereocenters. The normalized spacial score (nSPS) is 20.0. The topological polar surface area (TPSA) is 102 Å². The van der Waals surface area contributed by atoms with E-state index in [0.717, 1.165) is 12.8 Å². The minimum Gasteiger partial charge on any atom is -0.463 e. The number of allylic oxidation sites excluding steroid dienone is 1. The van der Waals surface area contributed by atoms with Crippen molar-refractivity contribution < 1.29 is 19.2 Å². The standard InChI is InChI=1S/C17H18ClN3O5/c1-3-26-16(22)14-9(2)20(11-5-6-11)17(23)19-15(14)10-4-7-12(18)13(8-10)21(24)25/h4,7-8,11,15H,3,5-6H2,1-2H3,(H,19,23)/t15-/m1/s1. The number of urea groups is 1. The van der Waals surface area contributed by atoms with Gasteiger partial charge in [-0.25, -0.2) is 9.59 Å². The molecule has 1 fully saturated rings. The predicted octanol–water partition coefficient (Wildman–Crippen LogP) is 3.31. The Morgan fingerprint density at radius 3 is 2.73 bits per heavy atom. The lowest BCUT2D eigenvalue weighted by Gasteiger charge is -2.35. The molecule has 1 saturated carbocycles. The van der Waals surface area contributed by atoms with Crippen LogP contribution in [0.1, 0.15) is 38.3 Å². The molecule has 0 saturated heterocycles. The lowest BCUT2D eigenvalue weighted by Crippen LogP contribution is -2.48. The van der Waals surface area contributed by atoms with Crippen LogP contribution in [0.2, 0.25) is 5.02 Å². The molecule has 1 aromatic carbocycles. The van der Waals surface area contributed by atoms with Crippen molar-refractivity contribution in [2.45, 2.75) is 38.8 Å². The molecule has 1 aliphatic heterocycles. The second kappa shape index (κ2) is 6.95. The largest absolute Gasteiger partial charge is 0.463 e. The molecule has 0 aromatic heterocycles. The lowest BCUT2D eigenvalue weighted by atomic mass is 9.94. The van der Waals surface area contributed by atoms with Crippen LogP contribution in [0.3, 0.4) is 0 Å². The van der Waals surface area contributed by atoms with Crippen LogP contribution >= 0.6 is 11.6 Å². The quantitative estimate of drug-likeness (QED) is 0.480. The summed E-state index contributed by atoms with van der Waals surface area (Å²) >= 11 is 5.87. The van der Waals surface area contributed by atoms with E-state index in [9.17, 15) is 19.7 Å². The summed E-state index contributed by atoms with van der Waals surface area (Å²) in [5.74, 6) is -0.557. The molecule has 2 aliphatic rings. The van der Waals surface area contributed by atoms with E-state index < -0.39 is 16.9 Å². The van der Waals surface area contributed by atoms with Crippen LogP contribution < -0.4 is 5.32 Å². The monoisotopic (exact) mass is 379 g/mol. The molecule has 1 aromatic rings. The van der Waals surface area contributed by atoms with Gasteiger partial charge < -0.3 is 10.1 Å². The summed E-state index contributed by atoms with van der Waals surface area (Å²) in [6.07, 6.45) is 1.75. The van der Waals surface area contributed by atoms with E-state index in [1.54, 1.807) is 24.8 Å². The fraction of sp³-hybridized carbons (Fsp3) is 0.412. The first-order chi connectivity index (χ1) is 12.3. The second-order valence-electron chi connectivity index (χ2n) is 6.17. The number of hydrogen-bond donors (Lipinski definition) is 1. The van der Waals surface area contributed by atoms with Crippen LogP contribution in [0.5, 0.6) is 0 Å². The van der Waals surface area contributed by atoms with Crippen molar-refractivity contribution in [3.05, 3.63) is 50.2 Å². The smallest absolute Gasteiger partial charge is 0.338 e. The van der Waals surface area contributed by atoms with E-state index in [4.69, 9.17) is 16.3 Å². The van der Waals surface area contributed by atoms with Crippen LogP contribution in [0.25, 0.3) is 0 Å². The van der Waals surface area contributed by atoms with Gasteiger partial charge >= 0.3 is 12.0 Å². The number of carbonyl (C=O) groups excluding carboxylic acids is 2. The predicted molar refractivity (Wildman–Crippen MR) is 93.6 cm³/mol. The van der Waals surface area contributed by atoms with Crippen molar-refractivity contribution in [3.63, 3.8) is 0 Å². The number of hydrogen-bond acceptors (Lipinski definition) is 5. The van der Waals surface area contributed by atoms with Gasteiger partial charge in [0.05, 0.1) is 23.1 Å². The van der Waals surface area contributed by atoms with E-state index in [1.165, 1.54) is 12.1 Å². The molecule has 0 bridgehead atoms. The number of nitro benzene ring substituents is 1. The average Bonchev–Trinajstić information content (AvgIpc) is 3.39. The molecule has 138 valence electrons. The Balaban J connectivity index is 2.09. The molecular weight excluding hydrogens is 362 g/mol. The highest BCUT2D eigenvalue weighted by molar-refractivity contribution is 6.32. The fourth-order valence-electron chi connectivity index (χ4n) is 3.10. The van der Waals surface area contributed by atoms with Crippen LogP contribution in [0.4, 0.5) is 10.5 Å². The number of nitrogens with one attached hydrogen (secondary N) is 1. The molecule has 1 atom stereocenters. The van der Waals surface area contributed by atoms with Gasteiger partial charge in [0, 0.05) is 17.8 Å². The van der Waals surface area contributed by atoms with Gasteiger partial charge in [-0.1, -0.05) is 17.7 Å². The first-order valence-corrected chi connectivity index (χ1v) is 8.64. The number of nitro groups is 1. The maximum atomic E-state index is 12.6. The summed E-state index contributed by atoms with van der Waals surface area (Å²) in [6, 6.07) is 3.10. The molecule has 9 heteroatoms. The van der Waals surface area contributed by atoms with Gasteiger partial charge in [-0.3, -0.25) is 15.0 Å². The van der Waals surface area contributed by atoms with Crippen molar-refractivity contribution in [2.75, 3.05) is 6.61 Å². The van der Waals surface area contributed by atoms with Gasteiger partial charge in [0.15, 0.2) is 0 Å². The Morgan fingerprint density at radius 1 is 1.46 bits per heavy atom. The molecule has 0 radical (unpaired) electrons. The summed E-state index contributed by atoms with van der Waals surface area (Å²) in [6.45, 7) is 3.57. The number of rotatable bonds is 5. The number of halogens is 1. The van der Waals surface area contributed by atoms with Gasteiger partial charge in [0.25, 0.3) is 5.69 Å². The number of carbonyl (C=O) groups is 2. The third-order valence-electron chi connectivity index (χ3n) is 4.43. The van der Waals surface area contributed by atoms with Crippen molar-refractivity contribution >= 4 is 29.3 Å². The molecule has 8 nitrogen and oxygen atoms in total. The summed E-state index contributed by atoms with van der Waals surface area (Å²) in [5, 5.41) is 13.9. The molecule has 3 rings (SSSR count). The zero-order valence-corrected chi connectivity index (χ0v) is 15.1. The fourth-order valence-corrected chi connectivity index (χ4v) is 3.29.